The molecule has 2 N–H and O–H groups in total. The summed E-state index contributed by atoms with van der Waals surface area (Å²) in [5.41, 5.74) is 0. The molecule has 138 valence electrons. The highest BCUT2D eigenvalue weighted by Gasteiger charge is 2.27. The summed E-state index contributed by atoms with van der Waals surface area (Å²) in [6.07, 6.45) is 0.731. The Hall–Kier alpha value is -0.390. The molecular weight excluding hydrogens is 459 g/mol. The highest BCUT2D eigenvalue weighted by molar-refractivity contribution is 14.0. The van der Waals surface area contributed by atoms with Gasteiger partial charge in [-0.1, -0.05) is 13.0 Å². The number of rotatable bonds is 7. The molecule has 1 atom stereocenters. The van der Waals surface area contributed by atoms with E-state index in [1.165, 1.54) is 4.88 Å². The molecule has 1 aliphatic heterocycles. The molecule has 0 radical (unpaired) electrons. The lowest BCUT2D eigenvalue weighted by molar-refractivity contribution is 0.445. The van der Waals surface area contributed by atoms with Crippen molar-refractivity contribution in [2.24, 2.45) is 4.99 Å². The molecule has 1 aromatic rings. The van der Waals surface area contributed by atoms with Crippen LogP contribution in [0, 0.1) is 0 Å². The molecule has 0 amide bonds. The van der Waals surface area contributed by atoms with Crippen LogP contribution in [0.15, 0.2) is 22.5 Å². The third kappa shape index (κ3) is 6.49. The van der Waals surface area contributed by atoms with E-state index in [0.29, 0.717) is 32.1 Å². The van der Waals surface area contributed by atoms with E-state index in [1.807, 2.05) is 6.92 Å². The van der Waals surface area contributed by atoms with Crippen LogP contribution >= 0.6 is 35.3 Å². The predicted molar refractivity (Wildman–Crippen MR) is 112 cm³/mol. The third-order valence-electron chi connectivity index (χ3n) is 3.75. The molecule has 1 fully saturated rings. The molecule has 24 heavy (non-hydrogen) atoms. The van der Waals surface area contributed by atoms with Gasteiger partial charge < -0.3 is 10.6 Å². The van der Waals surface area contributed by atoms with Crippen LogP contribution in [0.2, 0.25) is 0 Å². The van der Waals surface area contributed by atoms with Crippen LogP contribution in [0.5, 0.6) is 0 Å². The SMILES string of the molecule is CCNC(=NCC(C)c1cccs1)NCCN1CCCS1(=O)=O.I. The van der Waals surface area contributed by atoms with Gasteiger partial charge in [-0.25, -0.2) is 12.7 Å². The second-order valence-electron chi connectivity index (χ2n) is 5.63. The summed E-state index contributed by atoms with van der Waals surface area (Å²) in [5, 5.41) is 8.50. The van der Waals surface area contributed by atoms with Crippen LogP contribution in [-0.4, -0.2) is 57.2 Å². The molecule has 0 aliphatic carbocycles. The summed E-state index contributed by atoms with van der Waals surface area (Å²) < 4.78 is 25.1. The Bertz CT molecular complexity index is 605. The maximum atomic E-state index is 11.8. The zero-order valence-corrected chi connectivity index (χ0v) is 18.2. The maximum absolute atomic E-state index is 11.8. The Balaban J connectivity index is 0.00000288. The van der Waals surface area contributed by atoms with Crippen molar-refractivity contribution in [2.45, 2.75) is 26.2 Å². The molecule has 0 bridgehead atoms. The molecule has 0 saturated carbocycles. The first-order valence-corrected chi connectivity index (χ1v) is 10.5. The number of nitrogens with zero attached hydrogens (tertiary/aromatic N) is 2. The zero-order valence-electron chi connectivity index (χ0n) is 14.2. The van der Waals surface area contributed by atoms with Gasteiger partial charge in [-0.3, -0.25) is 4.99 Å². The monoisotopic (exact) mass is 486 g/mol. The Kier molecular flexibility index (Phi) is 9.53. The number of guanidine groups is 1. The molecule has 1 unspecified atom stereocenters. The largest absolute Gasteiger partial charge is 0.357 e. The van der Waals surface area contributed by atoms with Gasteiger partial charge in [-0.05, 0) is 24.8 Å². The Labute approximate surface area is 166 Å². The quantitative estimate of drug-likeness (QED) is 0.352. The topological polar surface area (TPSA) is 73.8 Å². The second kappa shape index (κ2) is 10.6. The van der Waals surface area contributed by atoms with E-state index in [1.54, 1.807) is 15.6 Å². The van der Waals surface area contributed by atoms with Crippen molar-refractivity contribution < 1.29 is 8.42 Å². The van der Waals surface area contributed by atoms with Gasteiger partial charge in [0.2, 0.25) is 10.0 Å². The molecule has 2 heterocycles. The van der Waals surface area contributed by atoms with Gasteiger partial charge in [0.25, 0.3) is 0 Å². The van der Waals surface area contributed by atoms with Crippen molar-refractivity contribution in [3.63, 3.8) is 0 Å². The van der Waals surface area contributed by atoms with E-state index in [0.717, 1.165) is 18.9 Å². The predicted octanol–water partition coefficient (Wildman–Crippen LogP) is 2.06. The minimum absolute atomic E-state index is 0. The average Bonchev–Trinajstić information content (AvgIpc) is 3.14. The average molecular weight is 486 g/mol. The molecule has 2 rings (SSSR count). The highest BCUT2D eigenvalue weighted by atomic mass is 127. The van der Waals surface area contributed by atoms with Gasteiger partial charge in [0.1, 0.15) is 0 Å². The molecule has 1 aliphatic rings. The van der Waals surface area contributed by atoms with Crippen LogP contribution in [0.1, 0.15) is 31.1 Å². The molecule has 1 aromatic heterocycles. The van der Waals surface area contributed by atoms with E-state index in [4.69, 9.17) is 0 Å². The van der Waals surface area contributed by atoms with Crippen LogP contribution in [0.4, 0.5) is 0 Å². The number of hydrogen-bond donors (Lipinski definition) is 2. The van der Waals surface area contributed by atoms with Crippen LogP contribution in [0.25, 0.3) is 0 Å². The van der Waals surface area contributed by atoms with E-state index >= 15 is 0 Å². The first-order chi connectivity index (χ1) is 11.0. The lowest BCUT2D eigenvalue weighted by Gasteiger charge is -2.17. The Morgan fingerprint density at radius 2 is 2.25 bits per heavy atom. The smallest absolute Gasteiger partial charge is 0.214 e. The van der Waals surface area contributed by atoms with E-state index < -0.39 is 10.0 Å². The highest BCUT2D eigenvalue weighted by Crippen LogP contribution is 2.20. The van der Waals surface area contributed by atoms with Gasteiger partial charge >= 0.3 is 0 Å². The Morgan fingerprint density at radius 1 is 1.46 bits per heavy atom. The van der Waals surface area contributed by atoms with Crippen molar-refractivity contribution in [3.8, 4) is 0 Å². The minimum Gasteiger partial charge on any atom is -0.357 e. The van der Waals surface area contributed by atoms with Gasteiger partial charge in [0, 0.05) is 37.0 Å². The minimum atomic E-state index is -3.02. The van der Waals surface area contributed by atoms with E-state index in [-0.39, 0.29) is 29.7 Å². The molecular formula is C15H27IN4O2S2. The fourth-order valence-corrected chi connectivity index (χ4v) is 4.78. The Morgan fingerprint density at radius 3 is 2.83 bits per heavy atom. The van der Waals surface area contributed by atoms with Gasteiger partial charge in [-0.15, -0.1) is 35.3 Å². The van der Waals surface area contributed by atoms with Crippen molar-refractivity contribution >= 4 is 51.3 Å². The van der Waals surface area contributed by atoms with Crippen LogP contribution in [-0.2, 0) is 10.0 Å². The lowest BCUT2D eigenvalue weighted by Crippen LogP contribution is -2.42. The maximum Gasteiger partial charge on any atom is 0.214 e. The van der Waals surface area contributed by atoms with E-state index in [2.05, 4.69) is 40.1 Å². The summed E-state index contributed by atoms with van der Waals surface area (Å²) in [6.45, 7) is 7.36. The van der Waals surface area contributed by atoms with Crippen LogP contribution < -0.4 is 10.6 Å². The van der Waals surface area contributed by atoms with Crippen molar-refractivity contribution in [2.75, 3.05) is 38.5 Å². The first-order valence-electron chi connectivity index (χ1n) is 8.06. The summed E-state index contributed by atoms with van der Waals surface area (Å²) in [4.78, 5) is 5.93. The summed E-state index contributed by atoms with van der Waals surface area (Å²) in [7, 11) is -3.02. The van der Waals surface area contributed by atoms with Crippen molar-refractivity contribution in [1.82, 2.24) is 14.9 Å². The van der Waals surface area contributed by atoms with Crippen molar-refractivity contribution in [1.29, 1.82) is 0 Å². The summed E-state index contributed by atoms with van der Waals surface area (Å²) >= 11 is 1.75. The second-order valence-corrected chi connectivity index (χ2v) is 8.70. The van der Waals surface area contributed by atoms with E-state index in [9.17, 15) is 8.42 Å². The molecule has 9 heteroatoms. The van der Waals surface area contributed by atoms with Gasteiger partial charge in [0.05, 0.1) is 12.3 Å². The van der Waals surface area contributed by atoms with Gasteiger partial charge in [-0.2, -0.15) is 0 Å². The first kappa shape index (κ1) is 21.7. The van der Waals surface area contributed by atoms with Crippen LogP contribution in [0.3, 0.4) is 0 Å². The number of aliphatic imine (C=N–C) groups is 1. The summed E-state index contributed by atoms with van der Waals surface area (Å²) in [6, 6.07) is 4.18. The van der Waals surface area contributed by atoms with Crippen molar-refractivity contribution in [3.05, 3.63) is 22.4 Å². The lowest BCUT2D eigenvalue weighted by atomic mass is 10.1. The molecule has 6 nitrogen and oxygen atoms in total. The number of sulfonamides is 1. The normalized spacial score (nSPS) is 18.8. The standard InChI is InChI=1S/C15H26N4O2S2.HI/c1-3-16-15(18-12-13(2)14-6-4-10-22-14)17-7-9-19-8-5-11-23(19,20)21;/h4,6,10,13H,3,5,7-9,11-12H2,1-2H3,(H2,16,17,18);1H. The third-order valence-corrected chi connectivity index (χ3v) is 6.81. The van der Waals surface area contributed by atoms with Gasteiger partial charge in [0.15, 0.2) is 5.96 Å². The number of halogens is 1. The zero-order chi connectivity index (χ0) is 16.7. The molecule has 0 aromatic carbocycles. The fraction of sp³-hybridized carbons (Fsp3) is 0.667. The molecule has 0 spiro atoms. The number of thiophene rings is 1. The number of hydrogen-bond acceptors (Lipinski definition) is 4. The fourth-order valence-electron chi connectivity index (χ4n) is 2.47. The molecule has 1 saturated heterocycles. The number of nitrogens with one attached hydrogen (secondary N) is 2. The summed E-state index contributed by atoms with van der Waals surface area (Å²) in [5.74, 6) is 1.40.